The van der Waals surface area contributed by atoms with Gasteiger partial charge in [-0.25, -0.2) is 9.98 Å². The Bertz CT molecular complexity index is 3840. The summed E-state index contributed by atoms with van der Waals surface area (Å²) in [4.78, 5) is 16.7. The van der Waals surface area contributed by atoms with E-state index in [1.807, 2.05) is 118 Å². The molecule has 0 aromatic heterocycles. The van der Waals surface area contributed by atoms with Gasteiger partial charge in [-0.3, -0.25) is 4.99 Å². The summed E-state index contributed by atoms with van der Waals surface area (Å²) in [6, 6.07) is 47.9. The van der Waals surface area contributed by atoms with Gasteiger partial charge in [-0.15, -0.1) is 13.2 Å². The van der Waals surface area contributed by atoms with E-state index in [9.17, 15) is 0 Å². The Kier molecular flexibility index (Phi) is 25.6. The van der Waals surface area contributed by atoms with Gasteiger partial charge in [0.2, 0.25) is 0 Å². The van der Waals surface area contributed by atoms with E-state index in [1.165, 1.54) is 43.8 Å². The molecule has 0 atom stereocenters. The minimum Gasteiger partial charge on any atom is -0.301 e. The van der Waals surface area contributed by atoms with Crippen LogP contribution in [0.15, 0.2) is 337 Å². The fraction of sp³-hybridized carbons (Fsp3) is 0.113. The van der Waals surface area contributed by atoms with Gasteiger partial charge in [0.05, 0.1) is 17.1 Å². The standard InChI is InChI=1S/C53H47N3.C25H27N.C2H4/c1-5-9-16-26-42(8-4)51-46-28-18-20-30-48(46)52(49-31-21-19-29-47(49)51)43-33-35-44(36-34-43)53-55-45-27-22-24-40-56(53)50(41(7-3)25-10-6-2)32-17-14-12-11-13-15-23-38-54-39-37-45;1-6-7-9-15-20(3)25(21(4)23-16-10-8-11-17-23)26-22(5)24-18-13-12-14-19(24)2;1-2/h5-14,16,18-22,24-37,39-40H,3,15,17H2,1-2,4H3;6-18H,3H2,1-2,4-5H3;1-2H2/b9-5+,10-6-,13-11-,14-12-,26-16-,27-22-,40-24+,41-25+,42-8+,45-37-,50-32+,54-39?,55-53?;7-6-,15-9-,25-21+,26-22?;. The summed E-state index contributed by atoms with van der Waals surface area (Å²) in [5.41, 5.74) is 15.9. The summed E-state index contributed by atoms with van der Waals surface area (Å²) in [7, 11) is 0. The molecule has 0 unspecified atom stereocenters. The van der Waals surface area contributed by atoms with Gasteiger partial charge in [0, 0.05) is 36.2 Å². The van der Waals surface area contributed by atoms with Crippen molar-refractivity contribution >= 4 is 50.5 Å². The zero-order chi connectivity index (χ0) is 59.9. The van der Waals surface area contributed by atoms with E-state index in [0.717, 1.165) is 67.6 Å². The van der Waals surface area contributed by atoms with E-state index in [4.69, 9.17) is 9.98 Å². The number of nitrogens with zero attached hydrogens (tertiary/aromatic N) is 4. The fourth-order valence-electron chi connectivity index (χ4n) is 9.58. The molecule has 0 aliphatic carbocycles. The average Bonchev–Trinajstić information content (AvgIpc) is 0.981. The number of allylic oxidation sites excluding steroid dienone is 24. The van der Waals surface area contributed by atoms with Crippen LogP contribution < -0.4 is 0 Å². The first-order valence-corrected chi connectivity index (χ1v) is 28.5. The van der Waals surface area contributed by atoms with Crippen molar-refractivity contribution in [3.8, 4) is 23.1 Å². The SMILES string of the molecule is C=C.C=C(/C=C\C=C/C)/C(N=C(C)c1ccccc1C)=C(/C)c1ccccc1.C=CC(=C\C=C/C)/C1=C\C/C=C\C=C/CC#CN=C/C=C2/C=C\C=C\N1C(c1ccc(-c3c4ccccc4c(C(/C=C\C=C\C)=C/C)c4ccccc34)cc1)=N2. The molecule has 2 aliphatic heterocycles. The van der Waals surface area contributed by atoms with Crippen molar-refractivity contribution in [1.82, 2.24) is 4.90 Å². The number of aliphatic imine (C=N–C) groups is 3. The van der Waals surface area contributed by atoms with Crippen molar-refractivity contribution < 1.29 is 0 Å². The molecule has 0 saturated heterocycles. The van der Waals surface area contributed by atoms with E-state index < -0.39 is 0 Å². The van der Waals surface area contributed by atoms with Gasteiger partial charge in [0.1, 0.15) is 5.84 Å². The largest absolute Gasteiger partial charge is 0.301 e. The van der Waals surface area contributed by atoms with Crippen LogP contribution in [0.4, 0.5) is 0 Å². The molecule has 6 aromatic carbocycles. The highest BCUT2D eigenvalue weighted by Crippen LogP contribution is 2.42. The Morgan fingerprint density at radius 2 is 1.27 bits per heavy atom. The van der Waals surface area contributed by atoms with Crippen LogP contribution in [0.25, 0.3) is 43.8 Å². The number of hydrogen-bond acceptors (Lipinski definition) is 4. The third kappa shape index (κ3) is 17.2. The van der Waals surface area contributed by atoms with Crippen LogP contribution in [0, 0.1) is 18.9 Å². The molecule has 8 rings (SSSR count). The van der Waals surface area contributed by atoms with E-state index in [0.29, 0.717) is 12.8 Å². The molecule has 0 spiro atoms. The topological polar surface area (TPSA) is 40.3 Å². The minimum absolute atomic E-state index is 0.628. The summed E-state index contributed by atoms with van der Waals surface area (Å²) in [5.74, 6) is 3.84. The molecule has 6 aromatic rings. The highest BCUT2D eigenvalue weighted by Gasteiger charge is 2.21. The van der Waals surface area contributed by atoms with Crippen molar-refractivity contribution in [3.05, 3.63) is 350 Å². The summed E-state index contributed by atoms with van der Waals surface area (Å²) in [6.45, 7) is 28.9. The Balaban J connectivity index is 0.000000338. The fourth-order valence-corrected chi connectivity index (χ4v) is 9.58. The minimum atomic E-state index is 0.628. The van der Waals surface area contributed by atoms with Gasteiger partial charge in [-0.1, -0.05) is 262 Å². The predicted octanol–water partition coefficient (Wildman–Crippen LogP) is 21.4. The third-order valence-electron chi connectivity index (χ3n) is 13.7. The van der Waals surface area contributed by atoms with Gasteiger partial charge in [0.15, 0.2) is 0 Å². The number of amidine groups is 1. The van der Waals surface area contributed by atoms with Crippen molar-refractivity contribution in [2.45, 2.75) is 61.3 Å². The molecular formula is C80H78N4. The number of aryl methyl sites for hydroxylation is 1. The van der Waals surface area contributed by atoms with E-state index in [2.05, 4.69) is 246 Å². The second-order valence-corrected chi connectivity index (χ2v) is 19.2. The number of rotatable bonds is 14. The molecule has 2 bridgehead atoms. The molecule has 0 radical (unpaired) electrons. The molecule has 2 heterocycles. The second kappa shape index (κ2) is 34.2. The van der Waals surface area contributed by atoms with Crippen LogP contribution in [0.5, 0.6) is 0 Å². The molecule has 84 heavy (non-hydrogen) atoms. The lowest BCUT2D eigenvalue weighted by Gasteiger charge is -2.27. The van der Waals surface area contributed by atoms with Gasteiger partial charge in [-0.2, -0.15) is 0 Å². The summed E-state index contributed by atoms with van der Waals surface area (Å²) in [6.07, 6.45) is 50.2. The Morgan fingerprint density at radius 3 is 1.93 bits per heavy atom. The summed E-state index contributed by atoms with van der Waals surface area (Å²) >= 11 is 0. The lowest BCUT2D eigenvalue weighted by molar-refractivity contribution is 0.698. The highest BCUT2D eigenvalue weighted by atomic mass is 15.2. The van der Waals surface area contributed by atoms with E-state index in [1.54, 1.807) is 6.21 Å². The van der Waals surface area contributed by atoms with Crippen LogP contribution in [0.2, 0.25) is 0 Å². The van der Waals surface area contributed by atoms with Crippen LogP contribution in [0.3, 0.4) is 0 Å². The quantitative estimate of drug-likeness (QED) is 0.0352. The van der Waals surface area contributed by atoms with E-state index in [-0.39, 0.29) is 0 Å². The van der Waals surface area contributed by atoms with Crippen molar-refractivity contribution in [2.24, 2.45) is 15.0 Å². The zero-order valence-corrected chi connectivity index (χ0v) is 50.0. The van der Waals surface area contributed by atoms with Crippen molar-refractivity contribution in [1.29, 1.82) is 0 Å². The highest BCUT2D eigenvalue weighted by molar-refractivity contribution is 6.19. The first kappa shape index (κ1) is 63.0. The lowest BCUT2D eigenvalue weighted by atomic mass is 9.85. The zero-order valence-electron chi connectivity index (χ0n) is 50.0. The first-order valence-electron chi connectivity index (χ1n) is 28.5. The van der Waals surface area contributed by atoms with Crippen molar-refractivity contribution in [2.75, 3.05) is 0 Å². The molecule has 418 valence electrons. The van der Waals surface area contributed by atoms with Crippen LogP contribution in [-0.2, 0) is 0 Å². The van der Waals surface area contributed by atoms with Gasteiger partial charge >= 0.3 is 0 Å². The second-order valence-electron chi connectivity index (χ2n) is 19.2. The molecule has 0 N–H and O–H groups in total. The van der Waals surface area contributed by atoms with Crippen molar-refractivity contribution in [3.63, 3.8) is 0 Å². The van der Waals surface area contributed by atoms with Crippen LogP contribution in [0.1, 0.15) is 82.2 Å². The molecular weight excluding hydrogens is 1020 g/mol. The average molecular weight is 1100 g/mol. The molecule has 4 nitrogen and oxygen atoms in total. The Hall–Kier alpha value is -10.2. The monoisotopic (exact) mass is 1090 g/mol. The Morgan fingerprint density at radius 1 is 0.655 bits per heavy atom. The Labute approximate surface area is 501 Å². The lowest BCUT2D eigenvalue weighted by Crippen LogP contribution is -2.27. The number of fused-ring (bicyclic) bond motifs is 4. The van der Waals surface area contributed by atoms with E-state index >= 15 is 0 Å². The number of benzene rings is 6. The third-order valence-corrected chi connectivity index (χ3v) is 13.7. The summed E-state index contributed by atoms with van der Waals surface area (Å²) in [5, 5.41) is 4.86. The van der Waals surface area contributed by atoms with Gasteiger partial charge in [0.25, 0.3) is 0 Å². The normalized spacial score (nSPS) is 17.3. The first-order chi connectivity index (χ1) is 41.2. The van der Waals surface area contributed by atoms with Gasteiger partial charge < -0.3 is 4.90 Å². The maximum Gasteiger partial charge on any atom is 0.145 e. The van der Waals surface area contributed by atoms with Crippen LogP contribution in [-0.4, -0.2) is 22.7 Å². The molecule has 0 fully saturated rings. The van der Waals surface area contributed by atoms with Crippen LogP contribution >= 0.6 is 0 Å². The maximum atomic E-state index is 5.29. The summed E-state index contributed by atoms with van der Waals surface area (Å²) < 4.78 is 0. The maximum absolute atomic E-state index is 5.29. The number of hydrogen-bond donors (Lipinski definition) is 0. The van der Waals surface area contributed by atoms with Gasteiger partial charge in [-0.05, 0) is 150 Å². The molecule has 0 saturated carbocycles. The predicted molar refractivity (Wildman–Crippen MR) is 371 cm³/mol. The molecule has 2 aliphatic rings. The molecule has 0 amide bonds. The molecule has 4 heteroatoms. The smallest absolute Gasteiger partial charge is 0.145 e.